The lowest BCUT2D eigenvalue weighted by Crippen LogP contribution is -2.42. The Hall–Kier alpha value is -1.64. The number of ether oxygens (including phenoxy) is 1. The summed E-state index contributed by atoms with van der Waals surface area (Å²) in [5.74, 6) is 0. The van der Waals surface area contributed by atoms with Crippen LogP contribution in [-0.4, -0.2) is 40.2 Å². The first-order valence-electron chi connectivity index (χ1n) is 6.69. The fourth-order valence-corrected chi connectivity index (χ4v) is 2.57. The second kappa shape index (κ2) is 6.88. The van der Waals surface area contributed by atoms with Crippen LogP contribution in [0, 0.1) is 0 Å². The van der Waals surface area contributed by atoms with Crippen LogP contribution in [-0.2, 0) is 21.2 Å². The molecule has 0 aromatic heterocycles. The Labute approximate surface area is 123 Å². The zero-order chi connectivity index (χ0) is 15.3. The summed E-state index contributed by atoms with van der Waals surface area (Å²) < 4.78 is 27.4. The molecule has 4 N–H and O–H groups in total. The SMILES string of the molecule is NS(=O)(=O)c1ccc(CCNC(=O)NC2CCOC2)cc1. The molecule has 116 valence electrons. The summed E-state index contributed by atoms with van der Waals surface area (Å²) in [5, 5.41) is 10.6. The number of amides is 2. The number of sulfonamides is 1. The van der Waals surface area contributed by atoms with E-state index in [4.69, 9.17) is 9.88 Å². The topological polar surface area (TPSA) is 111 Å². The molecule has 0 aliphatic carbocycles. The lowest BCUT2D eigenvalue weighted by Gasteiger charge is -2.11. The molecule has 1 unspecified atom stereocenters. The van der Waals surface area contributed by atoms with E-state index in [1.54, 1.807) is 12.1 Å². The van der Waals surface area contributed by atoms with Crippen LogP contribution in [0.1, 0.15) is 12.0 Å². The minimum absolute atomic E-state index is 0.0817. The zero-order valence-corrected chi connectivity index (χ0v) is 12.4. The summed E-state index contributed by atoms with van der Waals surface area (Å²) in [4.78, 5) is 11.7. The van der Waals surface area contributed by atoms with E-state index >= 15 is 0 Å². The Bertz CT molecular complexity index is 580. The van der Waals surface area contributed by atoms with Gasteiger partial charge in [0.1, 0.15) is 0 Å². The van der Waals surface area contributed by atoms with Crippen molar-refractivity contribution < 1.29 is 17.9 Å². The minimum Gasteiger partial charge on any atom is -0.379 e. The van der Waals surface area contributed by atoms with E-state index in [2.05, 4.69) is 10.6 Å². The first kappa shape index (κ1) is 15.7. The molecule has 1 saturated heterocycles. The molecule has 1 aromatic carbocycles. The smallest absolute Gasteiger partial charge is 0.315 e. The molecule has 7 nitrogen and oxygen atoms in total. The molecular weight excluding hydrogens is 294 g/mol. The lowest BCUT2D eigenvalue weighted by molar-refractivity contribution is 0.188. The maximum Gasteiger partial charge on any atom is 0.315 e. The molecule has 21 heavy (non-hydrogen) atoms. The van der Waals surface area contributed by atoms with Crippen LogP contribution in [0.25, 0.3) is 0 Å². The highest BCUT2D eigenvalue weighted by Crippen LogP contribution is 2.09. The molecule has 2 amide bonds. The van der Waals surface area contributed by atoms with Gasteiger partial charge in [0.05, 0.1) is 17.5 Å². The van der Waals surface area contributed by atoms with Crippen LogP contribution in [0.15, 0.2) is 29.2 Å². The Morgan fingerprint density at radius 3 is 2.62 bits per heavy atom. The number of nitrogens with two attached hydrogens (primary N) is 1. The number of carbonyl (C=O) groups is 1. The van der Waals surface area contributed by atoms with Crippen molar-refractivity contribution in [1.82, 2.24) is 10.6 Å². The quantitative estimate of drug-likeness (QED) is 0.708. The highest BCUT2D eigenvalue weighted by Gasteiger charge is 2.17. The van der Waals surface area contributed by atoms with Crippen LogP contribution in [0.2, 0.25) is 0 Å². The molecule has 0 spiro atoms. The normalized spacial score (nSPS) is 18.4. The van der Waals surface area contributed by atoms with Crippen molar-refractivity contribution in [2.45, 2.75) is 23.8 Å². The van der Waals surface area contributed by atoms with Gasteiger partial charge in [0.15, 0.2) is 0 Å². The number of hydrogen-bond acceptors (Lipinski definition) is 4. The van der Waals surface area contributed by atoms with Gasteiger partial charge in [-0.05, 0) is 30.5 Å². The van der Waals surface area contributed by atoms with Gasteiger partial charge in [-0.3, -0.25) is 0 Å². The second-order valence-electron chi connectivity index (χ2n) is 4.90. The molecule has 2 rings (SSSR count). The summed E-state index contributed by atoms with van der Waals surface area (Å²) in [7, 11) is -3.66. The third kappa shape index (κ3) is 5.00. The number of carbonyl (C=O) groups excluding carboxylic acids is 1. The number of nitrogens with one attached hydrogen (secondary N) is 2. The van der Waals surface area contributed by atoms with Crippen molar-refractivity contribution >= 4 is 16.1 Å². The molecule has 1 heterocycles. The monoisotopic (exact) mass is 313 g/mol. The Morgan fingerprint density at radius 2 is 2.05 bits per heavy atom. The van der Waals surface area contributed by atoms with Crippen LogP contribution in [0.5, 0.6) is 0 Å². The summed E-state index contributed by atoms with van der Waals surface area (Å²) in [6.45, 7) is 1.71. The standard InChI is InChI=1S/C13H19N3O4S/c14-21(18,19)12-3-1-10(2-4-12)5-7-15-13(17)16-11-6-8-20-9-11/h1-4,11H,5-9H2,(H2,14,18,19)(H2,15,16,17). The van der Waals surface area contributed by atoms with Gasteiger partial charge in [0.25, 0.3) is 0 Å². The molecule has 1 atom stereocenters. The summed E-state index contributed by atoms with van der Waals surface area (Å²) >= 11 is 0. The van der Waals surface area contributed by atoms with Crippen LogP contribution < -0.4 is 15.8 Å². The van der Waals surface area contributed by atoms with Crippen LogP contribution >= 0.6 is 0 Å². The van der Waals surface area contributed by atoms with Crippen molar-refractivity contribution in [3.8, 4) is 0 Å². The van der Waals surface area contributed by atoms with Gasteiger partial charge in [0.2, 0.25) is 10.0 Å². The van der Waals surface area contributed by atoms with Gasteiger partial charge < -0.3 is 15.4 Å². The number of benzene rings is 1. The fraction of sp³-hybridized carbons (Fsp3) is 0.462. The molecule has 1 aliphatic heterocycles. The zero-order valence-electron chi connectivity index (χ0n) is 11.5. The predicted molar refractivity (Wildman–Crippen MR) is 77.3 cm³/mol. The third-order valence-electron chi connectivity index (χ3n) is 3.22. The van der Waals surface area contributed by atoms with Crippen molar-refractivity contribution in [2.75, 3.05) is 19.8 Å². The van der Waals surface area contributed by atoms with Crippen molar-refractivity contribution in [3.63, 3.8) is 0 Å². The Balaban J connectivity index is 1.74. The predicted octanol–water partition coefficient (Wildman–Crippen LogP) is -0.0354. The molecule has 0 bridgehead atoms. The van der Waals surface area contributed by atoms with Gasteiger partial charge >= 0.3 is 6.03 Å². The van der Waals surface area contributed by atoms with E-state index < -0.39 is 10.0 Å². The highest BCUT2D eigenvalue weighted by atomic mass is 32.2. The van der Waals surface area contributed by atoms with Gasteiger partial charge in [-0.15, -0.1) is 0 Å². The van der Waals surface area contributed by atoms with Crippen LogP contribution in [0.4, 0.5) is 4.79 Å². The van der Waals surface area contributed by atoms with Gasteiger partial charge in [0, 0.05) is 13.2 Å². The molecule has 1 aromatic rings. The minimum atomic E-state index is -3.66. The van der Waals surface area contributed by atoms with E-state index in [1.165, 1.54) is 12.1 Å². The van der Waals surface area contributed by atoms with Gasteiger partial charge in [-0.2, -0.15) is 0 Å². The average molecular weight is 313 g/mol. The number of urea groups is 1. The first-order chi connectivity index (χ1) is 9.95. The molecule has 0 saturated carbocycles. The Morgan fingerprint density at radius 1 is 1.33 bits per heavy atom. The number of primary sulfonamides is 1. The molecular formula is C13H19N3O4S. The fourth-order valence-electron chi connectivity index (χ4n) is 2.05. The highest BCUT2D eigenvalue weighted by molar-refractivity contribution is 7.89. The second-order valence-corrected chi connectivity index (χ2v) is 6.46. The third-order valence-corrected chi connectivity index (χ3v) is 4.15. The van der Waals surface area contributed by atoms with E-state index in [0.29, 0.717) is 26.2 Å². The first-order valence-corrected chi connectivity index (χ1v) is 8.23. The Kier molecular flexibility index (Phi) is 5.16. The average Bonchev–Trinajstić information content (AvgIpc) is 2.91. The van der Waals surface area contributed by atoms with Gasteiger partial charge in [-0.25, -0.2) is 18.4 Å². The van der Waals surface area contributed by atoms with Gasteiger partial charge in [-0.1, -0.05) is 12.1 Å². The summed E-state index contributed by atoms with van der Waals surface area (Å²) in [5.41, 5.74) is 0.923. The molecule has 0 radical (unpaired) electrons. The summed E-state index contributed by atoms with van der Waals surface area (Å²) in [6.07, 6.45) is 1.45. The number of hydrogen-bond donors (Lipinski definition) is 3. The van der Waals surface area contributed by atoms with E-state index in [0.717, 1.165) is 12.0 Å². The lowest BCUT2D eigenvalue weighted by atomic mass is 10.1. The van der Waals surface area contributed by atoms with E-state index in [1.807, 2.05) is 0 Å². The van der Waals surface area contributed by atoms with Crippen LogP contribution in [0.3, 0.4) is 0 Å². The largest absolute Gasteiger partial charge is 0.379 e. The molecule has 1 aliphatic rings. The maximum atomic E-state index is 11.6. The van der Waals surface area contributed by atoms with Crippen molar-refractivity contribution in [1.29, 1.82) is 0 Å². The maximum absolute atomic E-state index is 11.6. The van der Waals surface area contributed by atoms with Crippen molar-refractivity contribution in [3.05, 3.63) is 29.8 Å². The summed E-state index contributed by atoms with van der Waals surface area (Å²) in [6, 6.07) is 6.15. The molecule has 8 heteroatoms. The van der Waals surface area contributed by atoms with E-state index in [-0.39, 0.29) is 17.0 Å². The van der Waals surface area contributed by atoms with Crippen molar-refractivity contribution in [2.24, 2.45) is 5.14 Å². The number of rotatable bonds is 5. The molecule has 1 fully saturated rings. The van der Waals surface area contributed by atoms with E-state index in [9.17, 15) is 13.2 Å².